The number of nitrogens with one attached hydrogen (secondary N) is 1. The van der Waals surface area contributed by atoms with E-state index in [1.165, 1.54) is 38.5 Å². The van der Waals surface area contributed by atoms with Gasteiger partial charge in [0.15, 0.2) is 0 Å². The fourth-order valence-electron chi connectivity index (χ4n) is 4.80. The van der Waals surface area contributed by atoms with Crippen LogP contribution in [-0.4, -0.2) is 17.5 Å². The van der Waals surface area contributed by atoms with Gasteiger partial charge in [-0.3, -0.25) is 4.79 Å². The maximum Gasteiger partial charge on any atom is 0.237 e. The first kappa shape index (κ1) is 11.5. The van der Waals surface area contributed by atoms with Gasteiger partial charge >= 0.3 is 0 Å². The second kappa shape index (κ2) is 3.98. The Kier molecular flexibility index (Phi) is 2.69. The lowest BCUT2D eigenvalue weighted by Gasteiger charge is -2.57. The van der Waals surface area contributed by atoms with Gasteiger partial charge in [-0.15, -0.1) is 0 Å². The lowest BCUT2D eigenvalue weighted by atomic mass is 9.53. The normalized spacial score (nSPS) is 44.7. The maximum absolute atomic E-state index is 12.0. The molecule has 4 fully saturated rings. The number of hydrogen-bond acceptors (Lipinski definition) is 2. The summed E-state index contributed by atoms with van der Waals surface area (Å²) in [6.45, 7) is 1.98. The second-order valence-electron chi connectivity index (χ2n) is 6.70. The van der Waals surface area contributed by atoms with Crippen molar-refractivity contribution < 1.29 is 4.79 Å². The first-order valence-electron chi connectivity index (χ1n) is 7.18. The first-order valence-corrected chi connectivity index (χ1v) is 7.18. The summed E-state index contributed by atoms with van der Waals surface area (Å²) in [5, 5.41) is 3.31. The average Bonchev–Trinajstić information content (AvgIpc) is 2.25. The van der Waals surface area contributed by atoms with Gasteiger partial charge in [0.25, 0.3) is 0 Å². The third kappa shape index (κ3) is 1.99. The molecule has 4 aliphatic carbocycles. The largest absolute Gasteiger partial charge is 0.349 e. The molecule has 0 aromatic rings. The lowest BCUT2D eigenvalue weighted by Crippen LogP contribution is -2.62. The highest BCUT2D eigenvalue weighted by molar-refractivity contribution is 5.82. The molecule has 0 aliphatic heterocycles. The molecule has 3 heteroatoms. The van der Waals surface area contributed by atoms with Crippen LogP contribution in [-0.2, 0) is 4.79 Å². The molecule has 0 spiro atoms. The monoisotopic (exact) mass is 236 g/mol. The van der Waals surface area contributed by atoms with Gasteiger partial charge in [-0.2, -0.15) is 0 Å². The molecule has 4 saturated carbocycles. The molecular weight excluding hydrogens is 212 g/mol. The molecule has 0 aromatic heterocycles. The third-order valence-electron chi connectivity index (χ3n) is 5.20. The summed E-state index contributed by atoms with van der Waals surface area (Å²) in [6.07, 6.45) is 8.60. The van der Waals surface area contributed by atoms with Crippen LogP contribution in [0.1, 0.15) is 51.9 Å². The van der Waals surface area contributed by atoms with E-state index in [0.29, 0.717) is 0 Å². The maximum atomic E-state index is 12.0. The van der Waals surface area contributed by atoms with Crippen molar-refractivity contribution in [3.63, 3.8) is 0 Å². The molecule has 0 saturated heterocycles. The fourth-order valence-corrected chi connectivity index (χ4v) is 4.80. The summed E-state index contributed by atoms with van der Waals surface area (Å²) in [6, 6.07) is -0.317. The van der Waals surface area contributed by atoms with Crippen LogP contribution in [0.15, 0.2) is 0 Å². The van der Waals surface area contributed by atoms with Gasteiger partial charge in [0, 0.05) is 5.54 Å². The SMILES string of the molecule is CC[C@@H](N)C(=O)NC12CC3CC(CC(C3)C1)C2. The Bertz CT molecular complexity index is 291. The number of carbonyl (C=O) groups excluding carboxylic acids is 1. The highest BCUT2D eigenvalue weighted by atomic mass is 16.2. The van der Waals surface area contributed by atoms with E-state index in [0.717, 1.165) is 24.2 Å². The Hall–Kier alpha value is -0.570. The van der Waals surface area contributed by atoms with Crippen molar-refractivity contribution in [1.82, 2.24) is 5.32 Å². The highest BCUT2D eigenvalue weighted by Gasteiger charge is 2.51. The molecule has 0 radical (unpaired) electrons. The van der Waals surface area contributed by atoms with Crippen LogP contribution >= 0.6 is 0 Å². The van der Waals surface area contributed by atoms with Crippen molar-refractivity contribution in [2.45, 2.75) is 63.5 Å². The van der Waals surface area contributed by atoms with E-state index >= 15 is 0 Å². The molecule has 1 atom stereocenters. The van der Waals surface area contributed by atoms with Crippen molar-refractivity contribution in [1.29, 1.82) is 0 Å². The molecule has 1 amide bonds. The van der Waals surface area contributed by atoms with E-state index in [-0.39, 0.29) is 17.5 Å². The van der Waals surface area contributed by atoms with Crippen LogP contribution in [0.3, 0.4) is 0 Å². The standard InChI is InChI=1S/C14H24N2O/c1-2-12(15)13(17)16-14-6-9-3-10(7-14)5-11(4-9)8-14/h9-12H,2-8,15H2,1H3,(H,16,17)/t9?,10?,11?,12-,14?/m1/s1. The topological polar surface area (TPSA) is 55.1 Å². The Morgan fingerprint density at radius 3 is 2.12 bits per heavy atom. The van der Waals surface area contributed by atoms with Crippen molar-refractivity contribution in [2.24, 2.45) is 23.5 Å². The molecule has 3 nitrogen and oxygen atoms in total. The molecule has 0 aromatic carbocycles. The van der Waals surface area contributed by atoms with Gasteiger partial charge in [0.05, 0.1) is 6.04 Å². The molecule has 17 heavy (non-hydrogen) atoms. The van der Waals surface area contributed by atoms with E-state index in [9.17, 15) is 4.79 Å². The molecule has 0 heterocycles. The highest BCUT2D eigenvalue weighted by Crippen LogP contribution is 2.55. The summed E-state index contributed by atoms with van der Waals surface area (Å²) in [4.78, 5) is 12.0. The Labute approximate surface area is 104 Å². The van der Waals surface area contributed by atoms with E-state index < -0.39 is 0 Å². The zero-order chi connectivity index (χ0) is 12.0. The molecule has 0 unspecified atom stereocenters. The minimum absolute atomic E-state index is 0.0782. The second-order valence-corrected chi connectivity index (χ2v) is 6.70. The third-order valence-corrected chi connectivity index (χ3v) is 5.20. The van der Waals surface area contributed by atoms with E-state index in [2.05, 4.69) is 5.32 Å². The van der Waals surface area contributed by atoms with E-state index in [1.54, 1.807) is 0 Å². The van der Waals surface area contributed by atoms with Gasteiger partial charge < -0.3 is 11.1 Å². The summed E-state index contributed by atoms with van der Waals surface area (Å²) in [5.41, 5.74) is 5.96. The smallest absolute Gasteiger partial charge is 0.237 e. The molecule has 3 N–H and O–H groups in total. The zero-order valence-corrected chi connectivity index (χ0v) is 10.7. The number of carbonyl (C=O) groups is 1. The predicted molar refractivity (Wildman–Crippen MR) is 67.3 cm³/mol. The molecule has 4 bridgehead atoms. The number of nitrogens with two attached hydrogens (primary N) is 1. The van der Waals surface area contributed by atoms with Gasteiger partial charge in [0.2, 0.25) is 5.91 Å². The van der Waals surface area contributed by atoms with Crippen molar-refractivity contribution in [3.8, 4) is 0 Å². The lowest BCUT2D eigenvalue weighted by molar-refractivity contribution is -0.128. The summed E-state index contributed by atoms with van der Waals surface area (Å²) < 4.78 is 0. The van der Waals surface area contributed by atoms with Crippen molar-refractivity contribution in [3.05, 3.63) is 0 Å². The van der Waals surface area contributed by atoms with Crippen LogP contribution in [0.25, 0.3) is 0 Å². The zero-order valence-electron chi connectivity index (χ0n) is 10.7. The van der Waals surface area contributed by atoms with Crippen LogP contribution < -0.4 is 11.1 Å². The molecule has 96 valence electrons. The van der Waals surface area contributed by atoms with Crippen molar-refractivity contribution in [2.75, 3.05) is 0 Å². The van der Waals surface area contributed by atoms with Crippen LogP contribution in [0.4, 0.5) is 0 Å². The summed E-state index contributed by atoms with van der Waals surface area (Å²) >= 11 is 0. The minimum Gasteiger partial charge on any atom is -0.349 e. The summed E-state index contributed by atoms with van der Waals surface area (Å²) in [7, 11) is 0. The molecular formula is C14H24N2O. The Morgan fingerprint density at radius 1 is 1.24 bits per heavy atom. The van der Waals surface area contributed by atoms with Crippen LogP contribution in [0.2, 0.25) is 0 Å². The van der Waals surface area contributed by atoms with Crippen LogP contribution in [0.5, 0.6) is 0 Å². The molecule has 4 rings (SSSR count). The summed E-state index contributed by atoms with van der Waals surface area (Å²) in [5.74, 6) is 2.70. The predicted octanol–water partition coefficient (Wildman–Crippen LogP) is 1.81. The molecule has 4 aliphatic rings. The Morgan fingerprint density at radius 2 is 1.71 bits per heavy atom. The Balaban J connectivity index is 1.72. The van der Waals surface area contributed by atoms with Gasteiger partial charge in [-0.05, 0) is 62.7 Å². The average molecular weight is 236 g/mol. The van der Waals surface area contributed by atoms with Crippen molar-refractivity contribution >= 4 is 5.91 Å². The van der Waals surface area contributed by atoms with Gasteiger partial charge in [-0.1, -0.05) is 6.92 Å². The minimum atomic E-state index is -0.317. The first-order chi connectivity index (χ1) is 8.10. The number of hydrogen-bond donors (Lipinski definition) is 2. The van der Waals surface area contributed by atoms with E-state index in [1.807, 2.05) is 6.92 Å². The quantitative estimate of drug-likeness (QED) is 0.785. The van der Waals surface area contributed by atoms with E-state index in [4.69, 9.17) is 5.73 Å². The number of rotatable bonds is 3. The van der Waals surface area contributed by atoms with Gasteiger partial charge in [0.1, 0.15) is 0 Å². The fraction of sp³-hybridized carbons (Fsp3) is 0.929. The van der Waals surface area contributed by atoms with Gasteiger partial charge in [-0.25, -0.2) is 0 Å². The number of amides is 1. The van der Waals surface area contributed by atoms with Crippen LogP contribution in [0, 0.1) is 17.8 Å².